The van der Waals surface area contributed by atoms with Crippen molar-refractivity contribution in [1.82, 2.24) is 4.72 Å². The molecule has 2 aromatic carbocycles. The summed E-state index contributed by atoms with van der Waals surface area (Å²) < 4.78 is 33.0. The number of nitrogens with one attached hydrogen (secondary N) is 1. The van der Waals surface area contributed by atoms with E-state index in [0.29, 0.717) is 10.8 Å². The van der Waals surface area contributed by atoms with Crippen molar-refractivity contribution in [2.45, 2.75) is 23.3 Å². The lowest BCUT2D eigenvalue weighted by molar-refractivity contribution is 0.414. The minimum Gasteiger partial charge on any atom is -0.497 e. The molecule has 0 unspecified atom stereocenters. The summed E-state index contributed by atoms with van der Waals surface area (Å²) in [5.74, 6) is 0.623. The maximum Gasteiger partial charge on any atom is 0.241 e. The minimum absolute atomic E-state index is 0.230. The predicted octanol–water partition coefficient (Wildman–Crippen LogP) is 3.32. The van der Waals surface area contributed by atoms with Gasteiger partial charge in [-0.15, -0.1) is 0 Å². The lowest BCUT2D eigenvalue weighted by Gasteiger charge is -2.18. The van der Waals surface area contributed by atoms with Crippen LogP contribution in [0.3, 0.4) is 0 Å². The predicted molar refractivity (Wildman–Crippen MR) is 85.7 cm³/mol. The highest BCUT2D eigenvalue weighted by molar-refractivity contribution is 7.89. The van der Waals surface area contributed by atoms with Crippen LogP contribution < -0.4 is 9.46 Å². The summed E-state index contributed by atoms with van der Waals surface area (Å²) in [6.07, 6.45) is 1.56. The fraction of sp³-hybridized carbons (Fsp3) is 0.250. The molecule has 116 valence electrons. The van der Waals surface area contributed by atoms with Gasteiger partial charge in [0.1, 0.15) is 5.75 Å². The van der Waals surface area contributed by atoms with Crippen LogP contribution >= 0.6 is 11.6 Å². The topological polar surface area (TPSA) is 55.4 Å². The molecule has 1 aliphatic carbocycles. The molecule has 0 amide bonds. The molecular formula is C16H16ClNO3S. The van der Waals surface area contributed by atoms with Gasteiger partial charge in [0.05, 0.1) is 17.5 Å². The Bertz CT molecular complexity index is 766. The van der Waals surface area contributed by atoms with Crippen LogP contribution in [0.2, 0.25) is 5.02 Å². The van der Waals surface area contributed by atoms with Crippen LogP contribution in [0.1, 0.15) is 18.4 Å². The van der Waals surface area contributed by atoms with Crippen molar-refractivity contribution in [2.75, 3.05) is 7.11 Å². The van der Waals surface area contributed by atoms with Gasteiger partial charge in [0, 0.05) is 5.02 Å². The average Bonchev–Trinajstić information content (AvgIpc) is 3.28. The van der Waals surface area contributed by atoms with Crippen molar-refractivity contribution in [3.05, 3.63) is 59.1 Å². The molecule has 0 bridgehead atoms. The molecule has 0 atom stereocenters. The van der Waals surface area contributed by atoms with Crippen molar-refractivity contribution in [3.63, 3.8) is 0 Å². The maximum atomic E-state index is 12.5. The molecule has 0 aromatic heterocycles. The van der Waals surface area contributed by atoms with E-state index >= 15 is 0 Å². The normalized spacial score (nSPS) is 16.3. The zero-order chi connectivity index (χ0) is 15.8. The first-order chi connectivity index (χ1) is 10.5. The number of halogens is 1. The van der Waals surface area contributed by atoms with E-state index in [1.165, 1.54) is 0 Å². The van der Waals surface area contributed by atoms with E-state index in [2.05, 4.69) is 4.72 Å². The second kappa shape index (κ2) is 5.57. The van der Waals surface area contributed by atoms with Crippen molar-refractivity contribution < 1.29 is 13.2 Å². The molecule has 4 nitrogen and oxygen atoms in total. The number of hydrogen-bond donors (Lipinski definition) is 1. The molecule has 0 spiro atoms. The van der Waals surface area contributed by atoms with Gasteiger partial charge in [-0.3, -0.25) is 0 Å². The Morgan fingerprint density at radius 1 is 1.05 bits per heavy atom. The molecule has 22 heavy (non-hydrogen) atoms. The van der Waals surface area contributed by atoms with Gasteiger partial charge in [-0.25, -0.2) is 13.1 Å². The third kappa shape index (κ3) is 2.97. The highest BCUT2D eigenvalue weighted by Crippen LogP contribution is 2.46. The number of methoxy groups -OCH3 is 1. The van der Waals surface area contributed by atoms with Gasteiger partial charge in [-0.05, 0) is 54.8 Å². The van der Waals surface area contributed by atoms with Crippen molar-refractivity contribution in [1.29, 1.82) is 0 Å². The number of hydrogen-bond acceptors (Lipinski definition) is 3. The van der Waals surface area contributed by atoms with Gasteiger partial charge in [-0.2, -0.15) is 0 Å². The summed E-state index contributed by atoms with van der Waals surface area (Å²) in [4.78, 5) is 0.230. The van der Waals surface area contributed by atoms with E-state index in [9.17, 15) is 8.42 Å². The first kappa shape index (κ1) is 15.3. The van der Waals surface area contributed by atoms with E-state index < -0.39 is 15.6 Å². The maximum absolute atomic E-state index is 12.5. The Morgan fingerprint density at radius 3 is 2.14 bits per heavy atom. The lowest BCUT2D eigenvalue weighted by atomic mass is 10.1. The van der Waals surface area contributed by atoms with Gasteiger partial charge in [0.15, 0.2) is 0 Å². The van der Waals surface area contributed by atoms with Crippen LogP contribution in [-0.4, -0.2) is 15.5 Å². The van der Waals surface area contributed by atoms with Crippen LogP contribution in [0.5, 0.6) is 5.75 Å². The molecule has 6 heteroatoms. The zero-order valence-electron chi connectivity index (χ0n) is 12.0. The van der Waals surface area contributed by atoms with E-state index in [-0.39, 0.29) is 4.90 Å². The van der Waals surface area contributed by atoms with Crippen molar-refractivity contribution in [2.24, 2.45) is 0 Å². The first-order valence-corrected chi connectivity index (χ1v) is 8.75. The Morgan fingerprint density at radius 2 is 1.64 bits per heavy atom. The largest absolute Gasteiger partial charge is 0.497 e. The first-order valence-electron chi connectivity index (χ1n) is 6.89. The second-order valence-corrected chi connectivity index (χ2v) is 7.49. The average molecular weight is 338 g/mol. The number of sulfonamides is 1. The van der Waals surface area contributed by atoms with Crippen LogP contribution in [0, 0.1) is 0 Å². The fourth-order valence-electron chi connectivity index (χ4n) is 2.41. The van der Waals surface area contributed by atoms with Crippen LogP contribution in [0.4, 0.5) is 0 Å². The summed E-state index contributed by atoms with van der Waals surface area (Å²) in [6.45, 7) is 0. The monoisotopic (exact) mass is 337 g/mol. The quantitative estimate of drug-likeness (QED) is 0.910. The lowest BCUT2D eigenvalue weighted by Crippen LogP contribution is -2.34. The molecule has 0 saturated heterocycles. The summed E-state index contributed by atoms with van der Waals surface area (Å²) in [7, 11) is -2.03. The SMILES string of the molecule is COc1ccc(S(=O)(=O)NC2(c3ccc(Cl)cc3)CC2)cc1. The zero-order valence-corrected chi connectivity index (χ0v) is 13.6. The van der Waals surface area contributed by atoms with Crippen LogP contribution in [0.15, 0.2) is 53.4 Å². The van der Waals surface area contributed by atoms with Crippen LogP contribution in [0.25, 0.3) is 0 Å². The van der Waals surface area contributed by atoms with Gasteiger partial charge in [0.25, 0.3) is 0 Å². The second-order valence-electron chi connectivity index (χ2n) is 5.37. The van der Waals surface area contributed by atoms with Gasteiger partial charge in [0.2, 0.25) is 10.0 Å². The molecule has 1 fully saturated rings. The van der Waals surface area contributed by atoms with E-state index in [0.717, 1.165) is 18.4 Å². The molecule has 0 radical (unpaired) electrons. The minimum atomic E-state index is -3.58. The molecule has 2 aromatic rings. The Kier molecular flexibility index (Phi) is 3.89. The molecule has 3 rings (SSSR count). The van der Waals surface area contributed by atoms with E-state index in [4.69, 9.17) is 16.3 Å². The number of rotatable bonds is 5. The summed E-state index contributed by atoms with van der Waals surface area (Å²) in [5.41, 5.74) is 0.428. The highest BCUT2D eigenvalue weighted by Gasteiger charge is 2.47. The Labute approximate surface area is 135 Å². The summed E-state index contributed by atoms with van der Waals surface area (Å²) in [6, 6.07) is 13.6. The Hall–Kier alpha value is -1.56. The number of ether oxygens (including phenoxy) is 1. The summed E-state index contributed by atoms with van der Waals surface area (Å²) in [5, 5.41) is 0.637. The molecule has 1 saturated carbocycles. The standard InChI is InChI=1S/C16H16ClNO3S/c1-21-14-6-8-15(9-7-14)22(19,20)18-16(10-11-16)12-2-4-13(17)5-3-12/h2-9,18H,10-11H2,1H3. The third-order valence-corrected chi connectivity index (χ3v) is 5.65. The fourth-order valence-corrected chi connectivity index (χ4v) is 3.99. The van der Waals surface area contributed by atoms with E-state index in [1.807, 2.05) is 12.1 Å². The van der Waals surface area contributed by atoms with E-state index in [1.54, 1.807) is 43.5 Å². The van der Waals surface area contributed by atoms with Gasteiger partial charge >= 0.3 is 0 Å². The van der Waals surface area contributed by atoms with Crippen molar-refractivity contribution in [3.8, 4) is 5.75 Å². The highest BCUT2D eigenvalue weighted by atomic mass is 35.5. The molecule has 1 N–H and O–H groups in total. The van der Waals surface area contributed by atoms with Gasteiger partial charge < -0.3 is 4.74 Å². The molecule has 0 aliphatic heterocycles. The van der Waals surface area contributed by atoms with Crippen LogP contribution in [-0.2, 0) is 15.6 Å². The molecule has 1 aliphatic rings. The molecule has 0 heterocycles. The summed E-state index contributed by atoms with van der Waals surface area (Å²) >= 11 is 5.89. The Balaban J connectivity index is 1.85. The number of benzene rings is 2. The van der Waals surface area contributed by atoms with Crippen molar-refractivity contribution >= 4 is 21.6 Å². The van der Waals surface area contributed by atoms with Gasteiger partial charge in [-0.1, -0.05) is 23.7 Å². The third-order valence-electron chi connectivity index (χ3n) is 3.85. The smallest absolute Gasteiger partial charge is 0.241 e. The molecular weight excluding hydrogens is 322 g/mol.